The van der Waals surface area contributed by atoms with E-state index in [0.29, 0.717) is 0 Å². The van der Waals surface area contributed by atoms with E-state index in [1.165, 1.54) is 0 Å². The van der Waals surface area contributed by atoms with E-state index in [9.17, 15) is 0 Å². The molecule has 0 nitrogen and oxygen atoms in total. The van der Waals surface area contributed by atoms with Crippen LogP contribution in [-0.2, 0) is 0 Å². The summed E-state index contributed by atoms with van der Waals surface area (Å²) in [5.41, 5.74) is 1.06. The summed E-state index contributed by atoms with van der Waals surface area (Å²) in [7, 11) is 0. The molecule has 0 fully saturated rings. The minimum absolute atomic E-state index is 0. The monoisotopic (exact) mass is 144 g/mol. The maximum atomic E-state index is 3.66. The zero-order chi connectivity index (χ0) is 7.70. The lowest BCUT2D eigenvalue weighted by Crippen LogP contribution is -1.55. The third-order valence-corrected chi connectivity index (χ3v) is 0.517. The molecule has 0 saturated carbocycles. The summed E-state index contributed by atoms with van der Waals surface area (Å²) in [6.45, 7) is 13.1. The first-order valence-corrected chi connectivity index (χ1v) is 3.22. The van der Waals surface area contributed by atoms with E-state index in [0.717, 1.165) is 5.57 Å². The predicted molar refractivity (Wildman–Crippen MR) is 48.0 cm³/mol. The summed E-state index contributed by atoms with van der Waals surface area (Å²) in [5, 5.41) is 0. The Kier molecular flexibility index (Phi) is 25.2. The summed E-state index contributed by atoms with van der Waals surface area (Å²) in [5.74, 6) is 0. The first-order valence-electron chi connectivity index (χ1n) is 3.22. The van der Waals surface area contributed by atoms with E-state index in [1.54, 1.807) is 6.08 Å². The van der Waals surface area contributed by atoms with Crippen LogP contribution < -0.4 is 0 Å². The summed E-state index contributed by atoms with van der Waals surface area (Å²) in [4.78, 5) is 0. The van der Waals surface area contributed by atoms with Crippen LogP contribution in [0.1, 0.15) is 20.8 Å². The second kappa shape index (κ2) is 15.7. The van der Waals surface area contributed by atoms with Crippen LogP contribution in [-0.4, -0.2) is 0 Å². The quantitative estimate of drug-likeness (QED) is 0.520. The van der Waals surface area contributed by atoms with Gasteiger partial charge in [-0.25, -0.2) is 0 Å². The fraction of sp³-hybridized carbons (Fsp3) is 0.333. The van der Waals surface area contributed by atoms with Gasteiger partial charge in [0.05, 0.1) is 0 Å². The zero-order valence-electron chi connectivity index (χ0n) is 7.05. The fourth-order valence-electron chi connectivity index (χ4n) is 0.232. The first-order chi connectivity index (χ1) is 4.27. The molecule has 0 bridgehead atoms. The second-order valence-electron chi connectivity index (χ2n) is 1.44. The molecule has 0 aromatic carbocycles. The Labute approximate surface area is 63.3 Å². The minimum Gasteiger partial charge on any atom is -0.269 e. The number of allylic oxidation sites excluding steroid dienone is 4. The molecule has 60 valence electrons. The van der Waals surface area contributed by atoms with Gasteiger partial charge in [0.2, 0.25) is 0 Å². The van der Waals surface area contributed by atoms with Crippen molar-refractivity contribution in [3.8, 4) is 0 Å². The van der Waals surface area contributed by atoms with Crippen LogP contribution in [0.25, 0.3) is 0 Å². The molecular formula is C9H17F. The minimum atomic E-state index is 0. The Morgan fingerprint density at radius 2 is 1.70 bits per heavy atom. The summed E-state index contributed by atoms with van der Waals surface area (Å²) in [6, 6.07) is 0. The Morgan fingerprint density at radius 3 is 1.80 bits per heavy atom. The lowest BCUT2D eigenvalue weighted by molar-refractivity contribution is 1.11. The third-order valence-electron chi connectivity index (χ3n) is 0.517. The fourth-order valence-corrected chi connectivity index (χ4v) is 0.232. The average Bonchev–Trinajstić information content (AvgIpc) is 1.88. The van der Waals surface area contributed by atoms with Gasteiger partial charge in [-0.05, 0) is 6.92 Å². The van der Waals surface area contributed by atoms with E-state index >= 15 is 0 Å². The Hall–Kier alpha value is -0.850. The van der Waals surface area contributed by atoms with E-state index in [4.69, 9.17) is 0 Å². The number of rotatable bonds is 2. The summed E-state index contributed by atoms with van der Waals surface area (Å²) < 4.78 is 0. The zero-order valence-corrected chi connectivity index (χ0v) is 7.05. The van der Waals surface area contributed by atoms with Gasteiger partial charge in [0.1, 0.15) is 0 Å². The number of hydrogen-bond donors (Lipinski definition) is 0. The molecule has 0 spiro atoms. The van der Waals surface area contributed by atoms with Crippen molar-refractivity contribution in [3.05, 3.63) is 37.0 Å². The molecule has 0 atom stereocenters. The normalized spacial score (nSPS) is 7.10. The van der Waals surface area contributed by atoms with Crippen molar-refractivity contribution < 1.29 is 4.70 Å². The van der Waals surface area contributed by atoms with Crippen molar-refractivity contribution in [2.45, 2.75) is 20.8 Å². The van der Waals surface area contributed by atoms with E-state index in [2.05, 4.69) is 13.2 Å². The van der Waals surface area contributed by atoms with Crippen molar-refractivity contribution in [2.75, 3.05) is 0 Å². The van der Waals surface area contributed by atoms with Crippen LogP contribution in [0.2, 0.25) is 0 Å². The van der Waals surface area contributed by atoms with Crippen molar-refractivity contribution in [3.63, 3.8) is 0 Å². The first kappa shape index (κ1) is 16.1. The molecule has 0 amide bonds. The third kappa shape index (κ3) is 27.3. The molecule has 0 aromatic rings. The SMILES string of the molecule is C=C/C=C\C(=C)C.CC.F. The maximum Gasteiger partial charge on any atom is -0.0404 e. The average molecular weight is 144 g/mol. The molecule has 0 aliphatic rings. The van der Waals surface area contributed by atoms with Gasteiger partial charge >= 0.3 is 0 Å². The van der Waals surface area contributed by atoms with Gasteiger partial charge in [-0.3, -0.25) is 4.70 Å². The molecule has 0 radical (unpaired) electrons. The standard InChI is InChI=1S/C7H10.C2H6.FH/c1-4-5-6-7(2)3;1-2;/h4-6H,1-2H2,3H3;1-2H3;1H/b6-5-;;. The Morgan fingerprint density at radius 1 is 1.30 bits per heavy atom. The number of hydrogen-bond acceptors (Lipinski definition) is 0. The van der Waals surface area contributed by atoms with Crippen molar-refractivity contribution in [1.29, 1.82) is 0 Å². The van der Waals surface area contributed by atoms with Crippen LogP contribution in [0.4, 0.5) is 4.70 Å². The lowest BCUT2D eigenvalue weighted by atomic mass is 10.3. The highest BCUT2D eigenvalue weighted by atomic mass is 19.0. The predicted octanol–water partition coefficient (Wildman–Crippen LogP) is 3.48. The van der Waals surface area contributed by atoms with Gasteiger partial charge < -0.3 is 0 Å². The van der Waals surface area contributed by atoms with E-state index < -0.39 is 0 Å². The molecule has 0 N–H and O–H groups in total. The molecule has 10 heavy (non-hydrogen) atoms. The molecule has 0 heterocycles. The highest BCUT2D eigenvalue weighted by Crippen LogP contribution is 1.86. The van der Waals surface area contributed by atoms with Gasteiger partial charge in [-0.1, -0.05) is 50.8 Å². The lowest BCUT2D eigenvalue weighted by Gasteiger charge is -1.77. The highest BCUT2D eigenvalue weighted by molar-refractivity contribution is 5.15. The molecule has 0 saturated heterocycles. The second-order valence-corrected chi connectivity index (χ2v) is 1.44. The van der Waals surface area contributed by atoms with Gasteiger partial charge in [-0.15, -0.1) is 0 Å². The Bertz CT molecular complexity index is 101. The van der Waals surface area contributed by atoms with Crippen LogP contribution in [0, 0.1) is 0 Å². The maximum absolute atomic E-state index is 3.66. The molecule has 1 heteroatoms. The van der Waals surface area contributed by atoms with Crippen LogP contribution in [0.15, 0.2) is 37.0 Å². The Balaban J connectivity index is -0.000000149. The van der Waals surface area contributed by atoms with Gasteiger partial charge in [0, 0.05) is 0 Å². The van der Waals surface area contributed by atoms with E-state index in [1.807, 2.05) is 32.9 Å². The molecule has 0 aliphatic carbocycles. The van der Waals surface area contributed by atoms with Crippen molar-refractivity contribution in [1.82, 2.24) is 0 Å². The molecule has 0 aromatic heterocycles. The topological polar surface area (TPSA) is 0 Å². The van der Waals surface area contributed by atoms with Crippen molar-refractivity contribution in [2.24, 2.45) is 0 Å². The molecular weight excluding hydrogens is 127 g/mol. The smallest absolute Gasteiger partial charge is 0.0404 e. The van der Waals surface area contributed by atoms with Crippen LogP contribution in [0.5, 0.6) is 0 Å². The molecule has 0 aliphatic heterocycles. The summed E-state index contributed by atoms with van der Waals surface area (Å²) in [6.07, 6.45) is 5.50. The summed E-state index contributed by atoms with van der Waals surface area (Å²) >= 11 is 0. The van der Waals surface area contributed by atoms with Gasteiger partial charge in [-0.2, -0.15) is 0 Å². The van der Waals surface area contributed by atoms with E-state index in [-0.39, 0.29) is 4.70 Å². The van der Waals surface area contributed by atoms with Gasteiger partial charge in [0.15, 0.2) is 0 Å². The van der Waals surface area contributed by atoms with Crippen LogP contribution in [0.3, 0.4) is 0 Å². The van der Waals surface area contributed by atoms with Crippen molar-refractivity contribution >= 4 is 0 Å². The molecule has 0 unspecified atom stereocenters. The highest BCUT2D eigenvalue weighted by Gasteiger charge is 1.65. The molecule has 0 rings (SSSR count). The van der Waals surface area contributed by atoms with Crippen LogP contribution >= 0.6 is 0 Å². The largest absolute Gasteiger partial charge is 0.269 e. The van der Waals surface area contributed by atoms with Gasteiger partial charge in [0.25, 0.3) is 0 Å². The number of halogens is 1.